The Hall–Kier alpha value is -2.73. The summed E-state index contributed by atoms with van der Waals surface area (Å²) in [4.78, 5) is 30.7. The van der Waals surface area contributed by atoms with Gasteiger partial charge in [0, 0.05) is 24.2 Å². The second-order valence-electron chi connectivity index (χ2n) is 6.36. The van der Waals surface area contributed by atoms with Crippen molar-refractivity contribution >= 4 is 39.1 Å². The van der Waals surface area contributed by atoms with Gasteiger partial charge < -0.3 is 9.64 Å². The molecule has 26 heavy (non-hydrogen) atoms. The van der Waals surface area contributed by atoms with E-state index in [1.165, 1.54) is 7.11 Å². The van der Waals surface area contributed by atoms with Gasteiger partial charge >= 0.3 is 5.97 Å². The number of ether oxygens (including phenoxy) is 1. The fourth-order valence-corrected chi connectivity index (χ4v) is 4.45. The molecule has 0 saturated carbocycles. The van der Waals surface area contributed by atoms with Gasteiger partial charge in [-0.15, -0.1) is 11.3 Å². The SMILES string of the molecule is COC(=O)[C@@H]1CC(=O)N(c2cccc(-c3nc4ccccc4s3)c2C)C1. The van der Waals surface area contributed by atoms with Crippen LogP contribution in [0.1, 0.15) is 12.0 Å². The first kappa shape index (κ1) is 16.7. The molecule has 1 aromatic heterocycles. The number of methoxy groups -OCH3 is 1. The number of nitrogens with zero attached hydrogens (tertiary/aromatic N) is 2. The van der Waals surface area contributed by atoms with Gasteiger partial charge in [0.2, 0.25) is 5.91 Å². The van der Waals surface area contributed by atoms with E-state index in [1.807, 2.05) is 43.3 Å². The standard InChI is InChI=1S/C20H18N2O3S/c1-12-14(19-21-15-7-3-4-9-17(15)26-19)6-5-8-16(12)22-11-13(10-18(22)23)20(24)25-2/h3-9,13H,10-11H2,1-2H3/t13-/m1/s1. The van der Waals surface area contributed by atoms with Crippen molar-refractivity contribution in [2.75, 3.05) is 18.6 Å². The third-order valence-corrected chi connectivity index (χ3v) is 5.85. The Kier molecular flexibility index (Phi) is 4.20. The highest BCUT2D eigenvalue weighted by molar-refractivity contribution is 7.21. The summed E-state index contributed by atoms with van der Waals surface area (Å²) in [6.45, 7) is 2.35. The molecule has 6 heteroatoms. The minimum absolute atomic E-state index is 0.0510. The highest BCUT2D eigenvalue weighted by Gasteiger charge is 2.36. The van der Waals surface area contributed by atoms with Gasteiger partial charge in [0.1, 0.15) is 5.01 Å². The minimum Gasteiger partial charge on any atom is -0.469 e. The summed E-state index contributed by atoms with van der Waals surface area (Å²) in [5.41, 5.74) is 3.81. The third kappa shape index (κ3) is 2.76. The van der Waals surface area contributed by atoms with Crippen LogP contribution >= 0.6 is 11.3 Å². The lowest BCUT2D eigenvalue weighted by Gasteiger charge is -2.20. The van der Waals surface area contributed by atoms with Crippen LogP contribution in [-0.2, 0) is 14.3 Å². The van der Waals surface area contributed by atoms with Crippen LogP contribution in [0.5, 0.6) is 0 Å². The van der Waals surface area contributed by atoms with Crippen LogP contribution in [0.2, 0.25) is 0 Å². The molecule has 2 heterocycles. The number of rotatable bonds is 3. The number of esters is 1. The first-order valence-electron chi connectivity index (χ1n) is 8.42. The molecule has 132 valence electrons. The monoisotopic (exact) mass is 366 g/mol. The number of carbonyl (C=O) groups is 2. The molecule has 0 unspecified atom stereocenters. The van der Waals surface area contributed by atoms with Gasteiger partial charge in [0.25, 0.3) is 0 Å². The zero-order valence-electron chi connectivity index (χ0n) is 14.6. The predicted octanol–water partition coefficient (Wildman–Crippen LogP) is 3.80. The molecule has 4 rings (SSSR count). The van der Waals surface area contributed by atoms with E-state index in [0.29, 0.717) is 6.54 Å². The van der Waals surface area contributed by atoms with Gasteiger partial charge in [-0.1, -0.05) is 24.3 Å². The van der Waals surface area contributed by atoms with Crippen molar-refractivity contribution in [3.05, 3.63) is 48.0 Å². The van der Waals surface area contributed by atoms with Crippen LogP contribution in [0.15, 0.2) is 42.5 Å². The van der Waals surface area contributed by atoms with Crippen molar-refractivity contribution in [1.82, 2.24) is 4.98 Å². The molecule has 2 aromatic carbocycles. The normalized spacial score (nSPS) is 17.1. The van der Waals surface area contributed by atoms with Crippen LogP contribution in [0.3, 0.4) is 0 Å². The zero-order valence-corrected chi connectivity index (χ0v) is 15.4. The van der Waals surface area contributed by atoms with Gasteiger partial charge in [-0.2, -0.15) is 0 Å². The molecule has 0 radical (unpaired) electrons. The molecule has 0 bridgehead atoms. The van der Waals surface area contributed by atoms with E-state index < -0.39 is 5.92 Å². The second kappa shape index (κ2) is 6.53. The number of hydrogen-bond acceptors (Lipinski definition) is 5. The Balaban J connectivity index is 1.72. The number of anilines is 1. The summed E-state index contributed by atoms with van der Waals surface area (Å²) in [5, 5.41) is 0.932. The molecular formula is C20H18N2O3S. The summed E-state index contributed by atoms with van der Waals surface area (Å²) < 4.78 is 5.93. The van der Waals surface area contributed by atoms with Crippen molar-refractivity contribution in [3.8, 4) is 10.6 Å². The number of hydrogen-bond donors (Lipinski definition) is 0. The van der Waals surface area contributed by atoms with Gasteiger partial charge in [-0.3, -0.25) is 9.59 Å². The average Bonchev–Trinajstić information content (AvgIpc) is 3.24. The molecule has 1 amide bonds. The van der Waals surface area contributed by atoms with Crippen molar-refractivity contribution < 1.29 is 14.3 Å². The number of thiazole rings is 1. The molecule has 1 fully saturated rings. The lowest BCUT2D eigenvalue weighted by atomic mass is 10.1. The molecule has 0 spiro atoms. The van der Waals surface area contributed by atoms with Crippen molar-refractivity contribution in [2.45, 2.75) is 13.3 Å². The number of carbonyl (C=O) groups excluding carboxylic acids is 2. The number of fused-ring (bicyclic) bond motifs is 1. The van der Waals surface area contributed by atoms with E-state index in [0.717, 1.165) is 32.0 Å². The predicted molar refractivity (Wildman–Crippen MR) is 102 cm³/mol. The number of para-hydroxylation sites is 1. The highest BCUT2D eigenvalue weighted by atomic mass is 32.1. The maximum Gasteiger partial charge on any atom is 0.311 e. The molecular weight excluding hydrogens is 348 g/mol. The third-order valence-electron chi connectivity index (χ3n) is 4.78. The van der Waals surface area contributed by atoms with Crippen LogP contribution in [-0.4, -0.2) is 30.5 Å². The van der Waals surface area contributed by atoms with Crippen LogP contribution in [0, 0.1) is 12.8 Å². The van der Waals surface area contributed by atoms with Crippen LogP contribution in [0.25, 0.3) is 20.8 Å². The summed E-state index contributed by atoms with van der Waals surface area (Å²) in [6.07, 6.45) is 0.192. The van der Waals surface area contributed by atoms with Crippen molar-refractivity contribution in [1.29, 1.82) is 0 Å². The Labute approximate surface area is 155 Å². The maximum atomic E-state index is 12.5. The van der Waals surface area contributed by atoms with E-state index in [1.54, 1.807) is 16.2 Å². The van der Waals surface area contributed by atoms with E-state index in [-0.39, 0.29) is 18.3 Å². The maximum absolute atomic E-state index is 12.5. The summed E-state index contributed by atoms with van der Waals surface area (Å²) >= 11 is 1.64. The van der Waals surface area contributed by atoms with E-state index in [4.69, 9.17) is 9.72 Å². The fourth-order valence-electron chi connectivity index (χ4n) is 3.40. The highest BCUT2D eigenvalue weighted by Crippen LogP contribution is 2.37. The first-order chi connectivity index (χ1) is 12.6. The Morgan fingerprint density at radius 1 is 1.23 bits per heavy atom. The van der Waals surface area contributed by atoms with Crippen molar-refractivity contribution in [2.24, 2.45) is 5.92 Å². The molecule has 1 saturated heterocycles. The molecule has 5 nitrogen and oxygen atoms in total. The van der Waals surface area contributed by atoms with Crippen molar-refractivity contribution in [3.63, 3.8) is 0 Å². The van der Waals surface area contributed by atoms with Gasteiger partial charge in [-0.05, 0) is 30.7 Å². The molecule has 1 atom stereocenters. The van der Waals surface area contributed by atoms with Crippen LogP contribution < -0.4 is 4.90 Å². The van der Waals surface area contributed by atoms with Gasteiger partial charge in [-0.25, -0.2) is 4.98 Å². The summed E-state index contributed by atoms with van der Waals surface area (Å²) in [5.74, 6) is -0.788. The second-order valence-corrected chi connectivity index (χ2v) is 7.40. The topological polar surface area (TPSA) is 59.5 Å². The molecule has 0 aliphatic carbocycles. The van der Waals surface area contributed by atoms with E-state index >= 15 is 0 Å². The zero-order chi connectivity index (χ0) is 18.3. The molecule has 1 aliphatic heterocycles. The van der Waals surface area contributed by atoms with E-state index in [2.05, 4.69) is 6.07 Å². The summed E-state index contributed by atoms with van der Waals surface area (Å²) in [7, 11) is 1.36. The Morgan fingerprint density at radius 2 is 2.04 bits per heavy atom. The molecule has 1 aliphatic rings. The molecule has 3 aromatic rings. The fraction of sp³-hybridized carbons (Fsp3) is 0.250. The Morgan fingerprint density at radius 3 is 2.81 bits per heavy atom. The largest absolute Gasteiger partial charge is 0.469 e. The number of amides is 1. The number of benzene rings is 2. The lowest BCUT2D eigenvalue weighted by Crippen LogP contribution is -2.27. The first-order valence-corrected chi connectivity index (χ1v) is 9.24. The molecule has 0 N–H and O–H groups in total. The number of aromatic nitrogens is 1. The van der Waals surface area contributed by atoms with Gasteiger partial charge in [0.05, 0.1) is 23.2 Å². The van der Waals surface area contributed by atoms with Crippen LogP contribution in [0.4, 0.5) is 5.69 Å². The lowest BCUT2D eigenvalue weighted by molar-refractivity contribution is -0.145. The van der Waals surface area contributed by atoms with E-state index in [9.17, 15) is 9.59 Å². The quantitative estimate of drug-likeness (QED) is 0.662. The smallest absolute Gasteiger partial charge is 0.311 e. The van der Waals surface area contributed by atoms with Gasteiger partial charge in [0.15, 0.2) is 0 Å². The average molecular weight is 366 g/mol. The summed E-state index contributed by atoms with van der Waals surface area (Å²) in [6, 6.07) is 13.9. The Bertz CT molecular complexity index is 978. The minimum atomic E-state index is -0.405.